The summed E-state index contributed by atoms with van der Waals surface area (Å²) >= 11 is 1.64. The summed E-state index contributed by atoms with van der Waals surface area (Å²) in [6.45, 7) is 3.88. The summed E-state index contributed by atoms with van der Waals surface area (Å²) in [6, 6.07) is 2.05. The van der Waals surface area contributed by atoms with Gasteiger partial charge >= 0.3 is 5.97 Å². The molecule has 0 radical (unpaired) electrons. The van der Waals surface area contributed by atoms with Gasteiger partial charge < -0.3 is 9.30 Å². The van der Waals surface area contributed by atoms with Gasteiger partial charge in [-0.15, -0.1) is 11.3 Å². The molecule has 0 saturated heterocycles. The van der Waals surface area contributed by atoms with Gasteiger partial charge in [-0.25, -0.2) is 4.68 Å². The third-order valence-electron chi connectivity index (χ3n) is 3.38. The predicted molar refractivity (Wildman–Crippen MR) is 81.7 cm³/mol. The van der Waals surface area contributed by atoms with Gasteiger partial charge in [0.15, 0.2) is 0 Å². The second-order valence-electron chi connectivity index (χ2n) is 4.81. The van der Waals surface area contributed by atoms with Gasteiger partial charge in [0.25, 0.3) is 5.56 Å². The molecule has 0 aliphatic carbocycles. The Labute approximate surface area is 124 Å². The number of esters is 1. The van der Waals surface area contributed by atoms with E-state index in [1.807, 2.05) is 18.5 Å². The van der Waals surface area contributed by atoms with Crippen molar-refractivity contribution in [2.24, 2.45) is 7.05 Å². The van der Waals surface area contributed by atoms with Crippen LogP contribution in [0.5, 0.6) is 0 Å². The first-order chi connectivity index (χ1) is 10.0. The molecule has 0 bridgehead atoms. The third kappa shape index (κ3) is 2.13. The zero-order valence-corrected chi connectivity index (χ0v) is 12.9. The molecule has 0 spiro atoms. The Morgan fingerprint density at radius 2 is 2.24 bits per heavy atom. The highest BCUT2D eigenvalue weighted by atomic mass is 32.1. The minimum Gasteiger partial charge on any atom is -0.465 e. The zero-order chi connectivity index (χ0) is 15.1. The van der Waals surface area contributed by atoms with Gasteiger partial charge in [-0.3, -0.25) is 9.59 Å². The van der Waals surface area contributed by atoms with Crippen molar-refractivity contribution in [2.45, 2.75) is 20.4 Å². The van der Waals surface area contributed by atoms with E-state index < -0.39 is 5.97 Å². The maximum atomic E-state index is 12.5. The molecule has 0 atom stereocenters. The second kappa shape index (κ2) is 5.00. The Morgan fingerprint density at radius 3 is 2.95 bits per heavy atom. The Bertz CT molecular complexity index is 904. The fraction of sp³-hybridized carbons (Fsp3) is 0.357. The summed E-state index contributed by atoms with van der Waals surface area (Å²) in [4.78, 5) is 25.2. The summed E-state index contributed by atoms with van der Waals surface area (Å²) in [5.74, 6) is -0.460. The number of thiophene rings is 1. The van der Waals surface area contributed by atoms with Crippen LogP contribution in [-0.4, -0.2) is 26.9 Å². The number of fused-ring (bicyclic) bond motifs is 3. The molecule has 0 unspecified atom stereocenters. The highest BCUT2D eigenvalue weighted by Gasteiger charge is 2.17. The Kier molecular flexibility index (Phi) is 3.29. The second-order valence-corrected chi connectivity index (χ2v) is 6.06. The van der Waals surface area contributed by atoms with Gasteiger partial charge in [-0.1, -0.05) is 0 Å². The van der Waals surface area contributed by atoms with Crippen molar-refractivity contribution < 1.29 is 9.53 Å². The summed E-state index contributed by atoms with van der Waals surface area (Å²) in [5, 5.41) is 4.93. The van der Waals surface area contributed by atoms with E-state index in [0.29, 0.717) is 5.52 Å². The van der Waals surface area contributed by atoms with Crippen LogP contribution in [0, 0.1) is 6.92 Å². The summed E-state index contributed by atoms with van der Waals surface area (Å²) < 4.78 is 8.92. The average Bonchev–Trinajstić information content (AvgIpc) is 2.92. The standard InChI is InChI=1S/C14H15N3O3S/c1-4-20-11(18)7-17-14(19)12-9(6-15-17)13-10(16(12)3)5-8(2)21-13/h5-6H,4,7H2,1-3H3. The zero-order valence-electron chi connectivity index (χ0n) is 12.0. The molecular formula is C14H15N3O3S. The largest absolute Gasteiger partial charge is 0.465 e. The fourth-order valence-electron chi connectivity index (χ4n) is 2.47. The van der Waals surface area contributed by atoms with Crippen LogP contribution in [0.15, 0.2) is 17.1 Å². The maximum Gasteiger partial charge on any atom is 0.327 e. The van der Waals surface area contributed by atoms with E-state index in [4.69, 9.17) is 4.74 Å². The molecule has 0 aromatic carbocycles. The number of hydrogen-bond acceptors (Lipinski definition) is 5. The number of carbonyl (C=O) groups excluding carboxylic acids is 1. The van der Waals surface area contributed by atoms with Crippen LogP contribution in [0.2, 0.25) is 0 Å². The number of rotatable bonds is 3. The molecule has 0 saturated carbocycles. The number of aryl methyl sites for hydroxylation is 2. The van der Waals surface area contributed by atoms with Crippen LogP contribution in [0.3, 0.4) is 0 Å². The monoisotopic (exact) mass is 305 g/mol. The minimum atomic E-state index is -0.460. The smallest absolute Gasteiger partial charge is 0.327 e. The average molecular weight is 305 g/mol. The lowest BCUT2D eigenvalue weighted by molar-refractivity contribution is -0.144. The highest BCUT2D eigenvalue weighted by Crippen LogP contribution is 2.32. The first-order valence-corrected chi connectivity index (χ1v) is 7.44. The molecule has 0 amide bonds. The van der Waals surface area contributed by atoms with Crippen molar-refractivity contribution in [1.82, 2.24) is 14.3 Å². The molecule has 0 aliphatic heterocycles. The first-order valence-electron chi connectivity index (χ1n) is 6.63. The molecule has 0 fully saturated rings. The highest BCUT2D eigenvalue weighted by molar-refractivity contribution is 7.20. The van der Waals surface area contributed by atoms with E-state index in [2.05, 4.69) is 11.2 Å². The molecule has 7 heteroatoms. The van der Waals surface area contributed by atoms with E-state index >= 15 is 0 Å². The SMILES string of the molecule is CCOC(=O)Cn1ncc2c3sc(C)cc3n(C)c2c1=O. The molecule has 3 aromatic rings. The fourth-order valence-corrected chi connectivity index (χ4v) is 3.53. The van der Waals surface area contributed by atoms with Crippen LogP contribution < -0.4 is 5.56 Å². The molecular weight excluding hydrogens is 290 g/mol. The van der Waals surface area contributed by atoms with Gasteiger partial charge in [-0.05, 0) is 19.9 Å². The van der Waals surface area contributed by atoms with Crippen LogP contribution in [0.1, 0.15) is 11.8 Å². The molecule has 3 heterocycles. The topological polar surface area (TPSA) is 66.1 Å². The van der Waals surface area contributed by atoms with Crippen LogP contribution >= 0.6 is 11.3 Å². The third-order valence-corrected chi connectivity index (χ3v) is 4.45. The summed E-state index contributed by atoms with van der Waals surface area (Å²) in [7, 11) is 1.85. The molecule has 21 heavy (non-hydrogen) atoms. The number of ether oxygens (including phenoxy) is 1. The normalized spacial score (nSPS) is 11.4. The lowest BCUT2D eigenvalue weighted by Gasteiger charge is -2.05. The number of hydrogen-bond donors (Lipinski definition) is 0. The van der Waals surface area contributed by atoms with Gasteiger partial charge in [0.2, 0.25) is 0 Å². The van der Waals surface area contributed by atoms with Crippen molar-refractivity contribution >= 4 is 38.4 Å². The lowest BCUT2D eigenvalue weighted by atomic mass is 10.3. The van der Waals surface area contributed by atoms with Crippen LogP contribution in [0.25, 0.3) is 21.1 Å². The number of nitrogens with zero attached hydrogens (tertiary/aromatic N) is 3. The quantitative estimate of drug-likeness (QED) is 0.692. The molecule has 6 nitrogen and oxygen atoms in total. The molecule has 110 valence electrons. The Balaban J connectivity index is 2.19. The van der Waals surface area contributed by atoms with Crippen molar-refractivity contribution in [3.8, 4) is 0 Å². The van der Waals surface area contributed by atoms with Crippen molar-refractivity contribution in [1.29, 1.82) is 0 Å². The summed E-state index contributed by atoms with van der Waals surface area (Å²) in [6.07, 6.45) is 1.65. The number of carbonyl (C=O) groups is 1. The van der Waals surface area contributed by atoms with E-state index in [1.165, 1.54) is 4.88 Å². The van der Waals surface area contributed by atoms with Crippen LogP contribution in [0.4, 0.5) is 0 Å². The number of aromatic nitrogens is 3. The maximum absolute atomic E-state index is 12.5. The molecule has 3 rings (SSSR count). The van der Waals surface area contributed by atoms with Gasteiger partial charge in [0, 0.05) is 17.3 Å². The van der Waals surface area contributed by atoms with Gasteiger partial charge in [0.1, 0.15) is 12.1 Å². The van der Waals surface area contributed by atoms with Gasteiger partial charge in [-0.2, -0.15) is 5.10 Å². The van der Waals surface area contributed by atoms with E-state index in [0.717, 1.165) is 20.3 Å². The molecule has 3 aromatic heterocycles. The van der Waals surface area contributed by atoms with Gasteiger partial charge in [0.05, 0.1) is 23.0 Å². The Hall–Kier alpha value is -2.15. The Morgan fingerprint density at radius 1 is 1.48 bits per heavy atom. The molecule has 0 N–H and O–H groups in total. The van der Waals surface area contributed by atoms with Crippen LogP contribution in [-0.2, 0) is 23.1 Å². The van der Waals surface area contributed by atoms with E-state index in [-0.39, 0.29) is 18.7 Å². The summed E-state index contributed by atoms with van der Waals surface area (Å²) in [5.41, 5.74) is 1.31. The first kappa shape index (κ1) is 13.8. The van der Waals surface area contributed by atoms with Crippen molar-refractivity contribution in [2.75, 3.05) is 6.61 Å². The van der Waals surface area contributed by atoms with E-state index in [9.17, 15) is 9.59 Å². The molecule has 0 aliphatic rings. The van der Waals surface area contributed by atoms with Crippen molar-refractivity contribution in [3.63, 3.8) is 0 Å². The predicted octanol–water partition coefficient (Wildman–Crippen LogP) is 1.82. The minimum absolute atomic E-state index is 0.166. The van der Waals surface area contributed by atoms with E-state index in [1.54, 1.807) is 24.5 Å². The lowest BCUT2D eigenvalue weighted by Crippen LogP contribution is -2.28. The van der Waals surface area contributed by atoms with Crippen molar-refractivity contribution in [3.05, 3.63) is 27.5 Å².